The number of hydrogen-bond donors (Lipinski definition) is 1. The molecule has 1 saturated heterocycles. The molecular formula is C17H33IN6S. The van der Waals surface area contributed by atoms with Crippen LogP contribution < -0.4 is 10.2 Å². The van der Waals surface area contributed by atoms with Gasteiger partial charge in [-0.15, -0.1) is 24.0 Å². The van der Waals surface area contributed by atoms with Gasteiger partial charge in [-0.2, -0.15) is 4.37 Å². The molecule has 0 atom stereocenters. The van der Waals surface area contributed by atoms with Crippen molar-refractivity contribution < 1.29 is 0 Å². The lowest BCUT2D eigenvalue weighted by Gasteiger charge is -2.36. The quantitative estimate of drug-likeness (QED) is 0.399. The first-order valence-corrected chi connectivity index (χ1v) is 9.81. The van der Waals surface area contributed by atoms with Crippen molar-refractivity contribution in [1.82, 2.24) is 19.6 Å². The Kier molecular flexibility index (Phi) is 9.40. The molecule has 0 aromatic carbocycles. The fourth-order valence-corrected chi connectivity index (χ4v) is 3.35. The standard InChI is InChI=1S/C17H32N6S.HI/c1-6-14-20-16(24-21-14)23-12-10-22(11-13-23)15(18-7-2)19-9-8-17(3,4)5;/h6-13H2,1-5H3,(H,18,19);1H. The molecule has 2 heterocycles. The number of rotatable bonds is 5. The van der Waals surface area contributed by atoms with Crippen molar-refractivity contribution in [2.75, 3.05) is 44.2 Å². The highest BCUT2D eigenvalue weighted by atomic mass is 127. The molecule has 2 rings (SSSR count). The summed E-state index contributed by atoms with van der Waals surface area (Å²) in [6.45, 7) is 16.7. The maximum Gasteiger partial charge on any atom is 0.205 e. The number of anilines is 1. The van der Waals surface area contributed by atoms with Gasteiger partial charge in [0.1, 0.15) is 5.82 Å². The van der Waals surface area contributed by atoms with Gasteiger partial charge < -0.3 is 15.1 Å². The number of aryl methyl sites for hydroxylation is 1. The highest BCUT2D eigenvalue weighted by Crippen LogP contribution is 2.20. The first kappa shape index (κ1) is 22.4. The van der Waals surface area contributed by atoms with Gasteiger partial charge in [0.15, 0.2) is 5.96 Å². The van der Waals surface area contributed by atoms with E-state index in [2.05, 4.69) is 59.1 Å². The molecule has 1 aliphatic heterocycles. The number of hydrogen-bond acceptors (Lipinski definition) is 5. The molecule has 25 heavy (non-hydrogen) atoms. The van der Waals surface area contributed by atoms with E-state index >= 15 is 0 Å². The lowest BCUT2D eigenvalue weighted by atomic mass is 9.92. The van der Waals surface area contributed by atoms with Crippen molar-refractivity contribution >= 4 is 46.6 Å². The molecular weight excluding hydrogens is 447 g/mol. The lowest BCUT2D eigenvalue weighted by molar-refractivity contribution is 0.364. The monoisotopic (exact) mass is 480 g/mol. The molecule has 1 aliphatic rings. The second-order valence-electron chi connectivity index (χ2n) is 7.37. The van der Waals surface area contributed by atoms with Crippen LogP contribution in [0.4, 0.5) is 5.13 Å². The summed E-state index contributed by atoms with van der Waals surface area (Å²) in [5.41, 5.74) is 0.328. The van der Waals surface area contributed by atoms with E-state index in [0.717, 1.165) is 69.0 Å². The summed E-state index contributed by atoms with van der Waals surface area (Å²) in [5.74, 6) is 2.00. The zero-order valence-electron chi connectivity index (χ0n) is 16.2. The van der Waals surface area contributed by atoms with Crippen LogP contribution in [0, 0.1) is 5.41 Å². The molecule has 144 valence electrons. The minimum atomic E-state index is 0. The molecule has 1 aromatic heterocycles. The molecule has 1 aromatic rings. The first-order valence-electron chi connectivity index (χ1n) is 9.03. The van der Waals surface area contributed by atoms with E-state index in [0.29, 0.717) is 5.41 Å². The summed E-state index contributed by atoms with van der Waals surface area (Å²) in [6, 6.07) is 0. The van der Waals surface area contributed by atoms with Crippen LogP contribution in [0.1, 0.15) is 46.9 Å². The van der Waals surface area contributed by atoms with Crippen LogP contribution in [0.25, 0.3) is 0 Å². The summed E-state index contributed by atoms with van der Waals surface area (Å²) >= 11 is 1.52. The fourth-order valence-electron chi connectivity index (χ4n) is 2.55. The van der Waals surface area contributed by atoms with Gasteiger partial charge in [0.2, 0.25) is 5.13 Å². The van der Waals surface area contributed by atoms with Crippen molar-refractivity contribution in [3.05, 3.63) is 5.82 Å². The molecule has 0 aliphatic carbocycles. The third-order valence-corrected chi connectivity index (χ3v) is 4.90. The van der Waals surface area contributed by atoms with Crippen LogP contribution in [-0.2, 0) is 6.42 Å². The summed E-state index contributed by atoms with van der Waals surface area (Å²) in [7, 11) is 0. The smallest absolute Gasteiger partial charge is 0.205 e. The highest BCUT2D eigenvalue weighted by molar-refractivity contribution is 14.0. The Bertz CT molecular complexity index is 531. The Labute approximate surface area is 173 Å². The van der Waals surface area contributed by atoms with Crippen LogP contribution in [0.5, 0.6) is 0 Å². The normalized spacial score (nSPS) is 16.0. The molecule has 0 bridgehead atoms. The van der Waals surface area contributed by atoms with Crippen LogP contribution in [0.3, 0.4) is 0 Å². The minimum Gasteiger partial charge on any atom is -0.357 e. The maximum atomic E-state index is 4.83. The topological polar surface area (TPSA) is 56.7 Å². The predicted molar refractivity (Wildman–Crippen MR) is 119 cm³/mol. The number of nitrogens with zero attached hydrogens (tertiary/aromatic N) is 5. The van der Waals surface area contributed by atoms with Crippen molar-refractivity contribution in [3.8, 4) is 0 Å². The van der Waals surface area contributed by atoms with E-state index in [9.17, 15) is 0 Å². The number of halogens is 1. The lowest BCUT2D eigenvalue weighted by Crippen LogP contribution is -2.52. The van der Waals surface area contributed by atoms with E-state index in [-0.39, 0.29) is 24.0 Å². The van der Waals surface area contributed by atoms with Gasteiger partial charge in [-0.1, -0.05) is 27.7 Å². The summed E-state index contributed by atoms with van der Waals surface area (Å²) < 4.78 is 4.40. The molecule has 0 unspecified atom stereocenters. The molecule has 0 saturated carbocycles. The van der Waals surface area contributed by atoms with Crippen molar-refractivity contribution in [2.45, 2.75) is 47.5 Å². The van der Waals surface area contributed by atoms with Gasteiger partial charge in [-0.25, -0.2) is 4.98 Å². The van der Waals surface area contributed by atoms with Gasteiger partial charge in [0.25, 0.3) is 0 Å². The predicted octanol–water partition coefficient (Wildman–Crippen LogP) is 3.24. The Hall–Kier alpha value is -0.640. The molecule has 0 spiro atoms. The minimum absolute atomic E-state index is 0. The van der Waals surface area contributed by atoms with E-state index in [1.807, 2.05) is 0 Å². The van der Waals surface area contributed by atoms with Gasteiger partial charge in [0, 0.05) is 57.2 Å². The highest BCUT2D eigenvalue weighted by Gasteiger charge is 2.22. The Balaban J connectivity index is 0.00000312. The van der Waals surface area contributed by atoms with Crippen LogP contribution in [0.15, 0.2) is 4.99 Å². The largest absolute Gasteiger partial charge is 0.357 e. The number of nitrogens with one attached hydrogen (secondary N) is 1. The summed E-state index contributed by atoms with van der Waals surface area (Å²) in [6.07, 6.45) is 2.01. The zero-order valence-corrected chi connectivity index (χ0v) is 19.4. The van der Waals surface area contributed by atoms with Gasteiger partial charge in [-0.3, -0.25) is 4.99 Å². The molecule has 8 heteroatoms. The SMILES string of the molecule is CCNC(=NCCC(C)(C)C)N1CCN(c2nc(CC)ns2)CC1.I. The first-order chi connectivity index (χ1) is 11.4. The molecule has 0 amide bonds. The molecule has 6 nitrogen and oxygen atoms in total. The van der Waals surface area contributed by atoms with Crippen molar-refractivity contribution in [3.63, 3.8) is 0 Å². The van der Waals surface area contributed by atoms with E-state index in [1.54, 1.807) is 0 Å². The Morgan fingerprint density at radius 2 is 1.88 bits per heavy atom. The average molecular weight is 480 g/mol. The van der Waals surface area contributed by atoms with Crippen LogP contribution in [0.2, 0.25) is 0 Å². The van der Waals surface area contributed by atoms with Gasteiger partial charge >= 0.3 is 0 Å². The second kappa shape index (κ2) is 10.5. The van der Waals surface area contributed by atoms with Gasteiger partial charge in [-0.05, 0) is 18.8 Å². The summed E-state index contributed by atoms with van der Waals surface area (Å²) in [5, 5.41) is 4.50. The number of piperazine rings is 1. The number of aromatic nitrogens is 2. The van der Waals surface area contributed by atoms with E-state index in [1.165, 1.54) is 11.5 Å². The average Bonchev–Trinajstić information content (AvgIpc) is 3.02. The van der Waals surface area contributed by atoms with Crippen LogP contribution in [-0.4, -0.2) is 59.5 Å². The molecule has 0 radical (unpaired) electrons. The zero-order chi connectivity index (χ0) is 17.6. The number of aliphatic imine (C=N–C) groups is 1. The summed E-state index contributed by atoms with van der Waals surface area (Å²) in [4.78, 5) is 14.1. The van der Waals surface area contributed by atoms with Crippen molar-refractivity contribution in [2.24, 2.45) is 10.4 Å². The Morgan fingerprint density at radius 3 is 2.40 bits per heavy atom. The second-order valence-corrected chi connectivity index (χ2v) is 8.10. The van der Waals surface area contributed by atoms with E-state index in [4.69, 9.17) is 4.99 Å². The molecule has 1 N–H and O–H groups in total. The van der Waals surface area contributed by atoms with Crippen molar-refractivity contribution in [1.29, 1.82) is 0 Å². The Morgan fingerprint density at radius 1 is 1.20 bits per heavy atom. The van der Waals surface area contributed by atoms with Gasteiger partial charge in [0.05, 0.1) is 0 Å². The van der Waals surface area contributed by atoms with E-state index < -0.39 is 0 Å². The maximum absolute atomic E-state index is 4.83. The number of guanidine groups is 1. The third kappa shape index (κ3) is 7.24. The molecule has 1 fully saturated rings. The van der Waals surface area contributed by atoms with Crippen LogP contribution >= 0.6 is 35.5 Å². The third-order valence-electron chi connectivity index (χ3n) is 4.08. The fraction of sp³-hybridized carbons (Fsp3) is 0.824.